The third-order valence-electron chi connectivity index (χ3n) is 2.80. The van der Waals surface area contributed by atoms with Crippen molar-refractivity contribution in [3.8, 4) is 0 Å². The van der Waals surface area contributed by atoms with Crippen molar-refractivity contribution >= 4 is 17.6 Å². The molecule has 108 valence electrons. The Labute approximate surface area is 116 Å². The monoisotopic (exact) mass is 280 g/mol. The van der Waals surface area contributed by atoms with Gasteiger partial charge in [0, 0.05) is 12.6 Å². The Morgan fingerprint density at radius 2 is 2.20 bits per heavy atom. The minimum atomic E-state index is -0.598. The largest absolute Gasteiger partial charge is 0.370 e. The second-order valence-corrected chi connectivity index (χ2v) is 4.60. The van der Waals surface area contributed by atoms with Gasteiger partial charge < -0.3 is 16.0 Å². The smallest absolute Gasteiger partial charge is 0.255 e. The van der Waals surface area contributed by atoms with Crippen LogP contribution in [0, 0.1) is 5.82 Å². The molecular weight excluding hydrogens is 263 g/mol. The Balaban J connectivity index is 1.96. The lowest BCUT2D eigenvalue weighted by atomic mass is 10.2. The molecule has 2 rings (SSSR count). The fourth-order valence-corrected chi connectivity index (χ4v) is 1.68. The summed E-state index contributed by atoms with van der Waals surface area (Å²) in [5, 5.41) is 8.09. The predicted octanol–water partition coefficient (Wildman–Crippen LogP) is 0.661. The predicted molar refractivity (Wildman–Crippen MR) is 71.9 cm³/mol. The molecule has 1 aliphatic carbocycles. The Kier molecular flexibility index (Phi) is 4.49. The number of carbonyl (C=O) groups is 2. The van der Waals surface area contributed by atoms with Gasteiger partial charge in [0.15, 0.2) is 0 Å². The zero-order chi connectivity index (χ0) is 14.5. The van der Waals surface area contributed by atoms with Crippen LogP contribution in [-0.2, 0) is 4.79 Å². The molecule has 0 atom stereocenters. The molecule has 1 fully saturated rings. The molecule has 0 unspecified atom stereocenters. The van der Waals surface area contributed by atoms with E-state index in [-0.39, 0.29) is 24.1 Å². The lowest BCUT2D eigenvalue weighted by Gasteiger charge is -2.10. The number of hydrogen-bond donors (Lipinski definition) is 3. The molecule has 1 heterocycles. The molecule has 1 saturated carbocycles. The maximum absolute atomic E-state index is 13.2. The highest BCUT2D eigenvalue weighted by Gasteiger charge is 2.23. The fourth-order valence-electron chi connectivity index (χ4n) is 1.68. The van der Waals surface area contributed by atoms with Gasteiger partial charge in [-0.2, -0.15) is 0 Å². The van der Waals surface area contributed by atoms with Crippen molar-refractivity contribution in [3.63, 3.8) is 0 Å². The normalized spacial score (nSPS) is 13.7. The number of halogens is 1. The molecule has 2 amide bonds. The van der Waals surface area contributed by atoms with Gasteiger partial charge in [0.1, 0.15) is 11.6 Å². The van der Waals surface area contributed by atoms with Gasteiger partial charge in [-0.1, -0.05) is 0 Å². The molecule has 7 heteroatoms. The third kappa shape index (κ3) is 3.91. The van der Waals surface area contributed by atoms with Crippen LogP contribution in [0.4, 0.5) is 10.2 Å². The van der Waals surface area contributed by atoms with Crippen molar-refractivity contribution in [1.29, 1.82) is 0 Å². The molecule has 0 aromatic carbocycles. The Morgan fingerprint density at radius 1 is 1.45 bits per heavy atom. The van der Waals surface area contributed by atoms with Crippen LogP contribution in [0.1, 0.15) is 30.1 Å². The summed E-state index contributed by atoms with van der Waals surface area (Å²) in [5.74, 6) is -1.07. The van der Waals surface area contributed by atoms with Crippen LogP contribution in [0.5, 0.6) is 0 Å². The van der Waals surface area contributed by atoms with E-state index < -0.39 is 11.7 Å². The maximum Gasteiger partial charge on any atom is 0.255 e. The number of amides is 2. The topological polar surface area (TPSA) is 83.1 Å². The van der Waals surface area contributed by atoms with E-state index in [0.29, 0.717) is 12.4 Å². The van der Waals surface area contributed by atoms with Crippen LogP contribution in [-0.4, -0.2) is 35.9 Å². The highest BCUT2D eigenvalue weighted by Crippen LogP contribution is 2.18. The van der Waals surface area contributed by atoms with Crippen molar-refractivity contribution in [2.75, 3.05) is 18.4 Å². The zero-order valence-electron chi connectivity index (χ0n) is 11.2. The third-order valence-corrected chi connectivity index (χ3v) is 2.80. The average molecular weight is 280 g/mol. The molecule has 0 saturated heterocycles. The van der Waals surface area contributed by atoms with Crippen molar-refractivity contribution in [2.45, 2.75) is 25.8 Å². The van der Waals surface area contributed by atoms with Crippen molar-refractivity contribution in [3.05, 3.63) is 23.6 Å². The van der Waals surface area contributed by atoms with Crippen LogP contribution in [0.2, 0.25) is 0 Å². The number of nitrogens with zero attached hydrogens (tertiary/aromatic N) is 1. The number of carbonyl (C=O) groups excluding carboxylic acids is 2. The first-order valence-corrected chi connectivity index (χ1v) is 6.57. The second-order valence-electron chi connectivity index (χ2n) is 4.60. The van der Waals surface area contributed by atoms with E-state index in [4.69, 9.17) is 0 Å². The number of aromatic nitrogens is 1. The summed E-state index contributed by atoms with van der Waals surface area (Å²) in [5.41, 5.74) is 0.0890. The van der Waals surface area contributed by atoms with E-state index >= 15 is 0 Å². The minimum Gasteiger partial charge on any atom is -0.370 e. The first-order valence-electron chi connectivity index (χ1n) is 6.57. The highest BCUT2D eigenvalue weighted by molar-refractivity contribution is 6.00. The minimum absolute atomic E-state index is 0.0890. The summed E-state index contributed by atoms with van der Waals surface area (Å²) in [6, 6.07) is 1.34. The van der Waals surface area contributed by atoms with E-state index in [1.807, 2.05) is 6.92 Å². The SMILES string of the molecule is CCNc1ncc(F)cc1C(=O)NCC(=O)NC1CC1. The summed E-state index contributed by atoms with van der Waals surface area (Å²) >= 11 is 0. The molecule has 3 N–H and O–H groups in total. The van der Waals surface area contributed by atoms with Crippen molar-refractivity contribution in [1.82, 2.24) is 15.6 Å². The Hall–Kier alpha value is -2.18. The van der Waals surface area contributed by atoms with Gasteiger partial charge in [-0.15, -0.1) is 0 Å². The van der Waals surface area contributed by atoms with E-state index in [0.717, 1.165) is 25.1 Å². The summed E-state index contributed by atoms with van der Waals surface area (Å²) in [4.78, 5) is 27.3. The van der Waals surface area contributed by atoms with Gasteiger partial charge >= 0.3 is 0 Å². The second kappa shape index (κ2) is 6.31. The molecule has 1 aromatic rings. The number of rotatable bonds is 6. The highest BCUT2D eigenvalue weighted by atomic mass is 19.1. The van der Waals surface area contributed by atoms with E-state index in [1.54, 1.807) is 0 Å². The van der Waals surface area contributed by atoms with Gasteiger partial charge in [0.05, 0.1) is 18.3 Å². The summed E-state index contributed by atoms with van der Waals surface area (Å²) in [7, 11) is 0. The number of nitrogens with one attached hydrogen (secondary N) is 3. The molecule has 20 heavy (non-hydrogen) atoms. The van der Waals surface area contributed by atoms with Crippen molar-refractivity contribution < 1.29 is 14.0 Å². The molecule has 0 radical (unpaired) electrons. The first-order chi connectivity index (χ1) is 9.60. The summed E-state index contributed by atoms with van der Waals surface area (Å²) in [6.07, 6.45) is 3.00. The van der Waals surface area contributed by atoms with Gasteiger partial charge in [-0.3, -0.25) is 9.59 Å². The number of anilines is 1. The summed E-state index contributed by atoms with van der Waals surface area (Å²) < 4.78 is 13.2. The molecule has 0 spiro atoms. The molecule has 0 aliphatic heterocycles. The molecule has 6 nitrogen and oxygen atoms in total. The first kappa shape index (κ1) is 14.2. The molecule has 0 bridgehead atoms. The van der Waals surface area contributed by atoms with Crippen molar-refractivity contribution in [2.24, 2.45) is 0 Å². The van der Waals surface area contributed by atoms with Crippen LogP contribution >= 0.6 is 0 Å². The van der Waals surface area contributed by atoms with Crippen LogP contribution in [0.25, 0.3) is 0 Å². The van der Waals surface area contributed by atoms with Gasteiger partial charge in [0.2, 0.25) is 5.91 Å². The standard InChI is InChI=1S/C13H17FN4O2/c1-2-15-12-10(5-8(14)6-16-12)13(20)17-7-11(19)18-9-3-4-9/h5-6,9H,2-4,7H2,1H3,(H,15,16)(H,17,20)(H,18,19). The van der Waals surface area contributed by atoms with Crippen LogP contribution in [0.3, 0.4) is 0 Å². The zero-order valence-corrected chi connectivity index (χ0v) is 11.2. The fraction of sp³-hybridized carbons (Fsp3) is 0.462. The van der Waals surface area contributed by atoms with Gasteiger partial charge in [0.25, 0.3) is 5.91 Å². The number of hydrogen-bond acceptors (Lipinski definition) is 4. The quantitative estimate of drug-likeness (QED) is 0.715. The van der Waals surface area contributed by atoms with Gasteiger partial charge in [-0.25, -0.2) is 9.37 Å². The maximum atomic E-state index is 13.2. The molecule has 1 aromatic heterocycles. The van der Waals surface area contributed by atoms with E-state index in [1.165, 1.54) is 0 Å². The Bertz CT molecular complexity index is 517. The van der Waals surface area contributed by atoms with E-state index in [9.17, 15) is 14.0 Å². The Morgan fingerprint density at radius 3 is 2.85 bits per heavy atom. The van der Waals surface area contributed by atoms with Crippen LogP contribution in [0.15, 0.2) is 12.3 Å². The van der Waals surface area contributed by atoms with Gasteiger partial charge in [-0.05, 0) is 25.8 Å². The number of pyridine rings is 1. The summed E-state index contributed by atoms with van der Waals surface area (Å²) in [6.45, 7) is 2.27. The lowest BCUT2D eigenvalue weighted by molar-refractivity contribution is -0.120. The molecular formula is C13H17FN4O2. The van der Waals surface area contributed by atoms with E-state index in [2.05, 4.69) is 20.9 Å². The molecule has 1 aliphatic rings. The van der Waals surface area contributed by atoms with Crippen LogP contribution < -0.4 is 16.0 Å². The lowest BCUT2D eigenvalue weighted by Crippen LogP contribution is -2.38. The average Bonchev–Trinajstić information content (AvgIpc) is 3.22.